The Bertz CT molecular complexity index is 1470. The molecule has 3 fully saturated rings. The maximum Gasteiger partial charge on any atom is 0.407 e. The second-order valence-corrected chi connectivity index (χ2v) is 12.4. The van der Waals surface area contributed by atoms with Gasteiger partial charge in [0.15, 0.2) is 0 Å². The van der Waals surface area contributed by atoms with Crippen LogP contribution in [0.3, 0.4) is 0 Å². The van der Waals surface area contributed by atoms with Gasteiger partial charge in [0.2, 0.25) is 5.56 Å². The highest BCUT2D eigenvalue weighted by Crippen LogP contribution is 2.57. The van der Waals surface area contributed by atoms with Crippen LogP contribution in [0.25, 0.3) is 16.6 Å². The molecule has 1 atom stereocenters. The van der Waals surface area contributed by atoms with Crippen molar-refractivity contribution in [1.82, 2.24) is 30.0 Å². The number of benzene rings is 1. The van der Waals surface area contributed by atoms with Gasteiger partial charge in [-0.15, -0.1) is 5.10 Å². The van der Waals surface area contributed by atoms with Crippen LogP contribution < -0.4 is 16.6 Å². The number of H-pyrrole nitrogens is 2. The number of ether oxygens (including phenoxy) is 1. The molecular weight excluding hydrogens is 484 g/mol. The smallest absolute Gasteiger partial charge is 0.407 e. The van der Waals surface area contributed by atoms with Crippen molar-refractivity contribution >= 4 is 17.0 Å². The van der Waals surface area contributed by atoms with E-state index in [4.69, 9.17) is 4.74 Å². The van der Waals surface area contributed by atoms with Crippen molar-refractivity contribution in [1.29, 1.82) is 0 Å². The number of nitrogens with zero attached hydrogens (tertiary/aromatic N) is 3. The summed E-state index contributed by atoms with van der Waals surface area (Å²) in [5, 5.41) is 8.55. The zero-order valence-corrected chi connectivity index (χ0v) is 22.3. The highest BCUT2D eigenvalue weighted by molar-refractivity contribution is 5.85. The number of hydrogen-bond acceptors (Lipinski definition) is 6. The third-order valence-corrected chi connectivity index (χ3v) is 8.37. The molecular formula is C28H36N6O4. The molecule has 1 aliphatic heterocycles. The lowest BCUT2D eigenvalue weighted by Gasteiger charge is -2.60. The third kappa shape index (κ3) is 4.77. The van der Waals surface area contributed by atoms with Crippen LogP contribution in [0.1, 0.15) is 71.0 Å². The van der Waals surface area contributed by atoms with Gasteiger partial charge in [0, 0.05) is 36.0 Å². The molecule has 1 saturated heterocycles. The minimum atomic E-state index is -0.480. The zero-order chi connectivity index (χ0) is 26.7. The molecule has 38 heavy (non-hydrogen) atoms. The summed E-state index contributed by atoms with van der Waals surface area (Å²) in [4.78, 5) is 45.3. The van der Waals surface area contributed by atoms with E-state index in [1.54, 1.807) is 12.1 Å². The van der Waals surface area contributed by atoms with E-state index in [1.807, 2.05) is 32.9 Å². The average molecular weight is 521 g/mol. The second kappa shape index (κ2) is 9.11. The number of amides is 1. The first kappa shape index (κ1) is 24.9. The number of pyridine rings is 1. The maximum absolute atomic E-state index is 12.9. The fourth-order valence-electron chi connectivity index (χ4n) is 6.68. The molecule has 3 N–H and O–H groups in total. The van der Waals surface area contributed by atoms with Gasteiger partial charge in [0.25, 0.3) is 0 Å². The van der Waals surface area contributed by atoms with Crippen molar-refractivity contribution in [3.63, 3.8) is 0 Å². The number of likely N-dealkylation sites (tertiary alicyclic amines) is 1. The number of nitrogens with one attached hydrogen (secondary N) is 3. The lowest BCUT2D eigenvalue weighted by atomic mass is 9.51. The number of aromatic amines is 2. The zero-order valence-electron chi connectivity index (χ0n) is 22.3. The summed E-state index contributed by atoms with van der Waals surface area (Å²) in [6.07, 6.45) is 6.07. The lowest BCUT2D eigenvalue weighted by molar-refractivity contribution is -0.0794. The highest BCUT2D eigenvalue weighted by atomic mass is 16.6. The Morgan fingerprint density at radius 1 is 1.11 bits per heavy atom. The van der Waals surface area contributed by atoms with E-state index < -0.39 is 5.60 Å². The van der Waals surface area contributed by atoms with Crippen LogP contribution in [-0.2, 0) is 4.74 Å². The number of alkyl carbamates (subject to hydrolysis) is 1. The molecule has 1 unspecified atom stereocenters. The Morgan fingerprint density at radius 3 is 2.66 bits per heavy atom. The standard InChI is InChI=1S/C28H36N6O4/c1-27(2,3)38-26(37)29-19-12-28(13-19)14-20(15-28)33-11-5-7-18(16-33)24-31-25(36)34(32-24)21-8-4-6-17-9-10-22(35)30-23(17)21/h4,6,8-10,18-20H,5,7,11-16H2,1-3H3,(H,29,37)(H,30,35)(H,31,32,36). The predicted octanol–water partition coefficient (Wildman–Crippen LogP) is 3.42. The number of piperidine rings is 1. The van der Waals surface area contributed by atoms with Gasteiger partial charge in [-0.3, -0.25) is 14.7 Å². The first-order valence-electron chi connectivity index (χ1n) is 13.6. The largest absolute Gasteiger partial charge is 0.444 e. The Hall–Kier alpha value is -3.40. The number of carbonyl (C=O) groups excluding carboxylic acids is 1. The number of carbonyl (C=O) groups is 1. The molecule has 202 valence electrons. The van der Waals surface area contributed by atoms with Crippen LogP contribution >= 0.6 is 0 Å². The minimum Gasteiger partial charge on any atom is -0.444 e. The molecule has 2 aromatic heterocycles. The SMILES string of the molecule is CC(C)(C)OC(=O)NC1CC2(C1)CC(N1CCCC(c3nn(-c4cccc5ccc(=O)[nH]c45)c(=O)[nH]3)C1)C2. The van der Waals surface area contributed by atoms with Crippen LogP contribution in [0, 0.1) is 5.41 Å². The van der Waals surface area contributed by atoms with Crippen molar-refractivity contribution in [2.45, 2.75) is 82.9 Å². The highest BCUT2D eigenvalue weighted by Gasteiger charge is 2.55. The Morgan fingerprint density at radius 2 is 1.89 bits per heavy atom. The molecule has 6 rings (SSSR count). The first-order valence-corrected chi connectivity index (χ1v) is 13.6. The fourth-order valence-corrected chi connectivity index (χ4v) is 6.68. The second-order valence-electron chi connectivity index (χ2n) is 12.4. The summed E-state index contributed by atoms with van der Waals surface area (Å²) < 4.78 is 6.76. The number of para-hydroxylation sites is 1. The van der Waals surface area contributed by atoms with E-state index in [-0.39, 0.29) is 29.3 Å². The van der Waals surface area contributed by atoms with Gasteiger partial charge in [-0.1, -0.05) is 12.1 Å². The van der Waals surface area contributed by atoms with E-state index in [9.17, 15) is 14.4 Å². The van der Waals surface area contributed by atoms with E-state index >= 15 is 0 Å². The van der Waals surface area contributed by atoms with E-state index in [1.165, 1.54) is 10.7 Å². The monoisotopic (exact) mass is 520 g/mol. The molecule has 1 amide bonds. The number of hydrogen-bond donors (Lipinski definition) is 3. The minimum absolute atomic E-state index is 0.159. The predicted molar refractivity (Wildman–Crippen MR) is 144 cm³/mol. The van der Waals surface area contributed by atoms with Gasteiger partial charge in [0.1, 0.15) is 11.4 Å². The van der Waals surface area contributed by atoms with Crippen molar-refractivity contribution in [3.8, 4) is 5.69 Å². The molecule has 3 aliphatic rings. The summed E-state index contributed by atoms with van der Waals surface area (Å²) >= 11 is 0. The number of rotatable bonds is 4. The summed E-state index contributed by atoms with van der Waals surface area (Å²) in [6.45, 7) is 7.57. The summed E-state index contributed by atoms with van der Waals surface area (Å²) in [5.74, 6) is 0.862. The summed E-state index contributed by atoms with van der Waals surface area (Å²) in [7, 11) is 0. The first-order chi connectivity index (χ1) is 18.1. The average Bonchev–Trinajstić information content (AvgIpc) is 3.19. The van der Waals surface area contributed by atoms with Crippen molar-refractivity contribution in [2.75, 3.05) is 13.1 Å². The molecule has 1 spiro atoms. The Balaban J connectivity index is 1.08. The van der Waals surface area contributed by atoms with Crippen LogP contribution in [0.15, 0.2) is 39.9 Å². The molecule has 1 aromatic carbocycles. The number of aromatic nitrogens is 4. The summed E-state index contributed by atoms with van der Waals surface area (Å²) in [6, 6.07) is 9.53. The number of fused-ring (bicyclic) bond motifs is 1. The van der Waals surface area contributed by atoms with Crippen molar-refractivity contribution in [3.05, 3.63) is 57.0 Å². The third-order valence-electron chi connectivity index (χ3n) is 8.37. The normalized spacial score (nSPS) is 27.6. The van der Waals surface area contributed by atoms with E-state index in [0.717, 1.165) is 57.0 Å². The van der Waals surface area contributed by atoms with Gasteiger partial charge in [-0.05, 0) is 83.4 Å². The van der Waals surface area contributed by atoms with Gasteiger partial charge in [-0.2, -0.15) is 4.68 Å². The van der Waals surface area contributed by atoms with E-state index in [2.05, 4.69) is 25.3 Å². The van der Waals surface area contributed by atoms with Gasteiger partial charge >= 0.3 is 11.8 Å². The van der Waals surface area contributed by atoms with Crippen LogP contribution in [-0.4, -0.2) is 61.5 Å². The molecule has 10 heteroatoms. The Kier molecular flexibility index (Phi) is 5.97. The molecule has 2 saturated carbocycles. The maximum atomic E-state index is 12.9. The molecule has 0 bridgehead atoms. The lowest BCUT2D eigenvalue weighted by Crippen LogP contribution is -2.62. The van der Waals surface area contributed by atoms with Gasteiger partial charge in [0.05, 0.1) is 11.2 Å². The molecule has 10 nitrogen and oxygen atoms in total. The molecule has 2 aliphatic carbocycles. The van der Waals surface area contributed by atoms with Gasteiger partial charge in [-0.25, -0.2) is 9.59 Å². The quantitative estimate of drug-likeness (QED) is 0.484. The van der Waals surface area contributed by atoms with Crippen LogP contribution in [0.4, 0.5) is 4.79 Å². The van der Waals surface area contributed by atoms with Gasteiger partial charge < -0.3 is 15.0 Å². The molecule has 0 radical (unpaired) electrons. The van der Waals surface area contributed by atoms with Crippen molar-refractivity contribution < 1.29 is 9.53 Å². The topological polar surface area (TPSA) is 125 Å². The van der Waals surface area contributed by atoms with E-state index in [0.29, 0.717) is 28.5 Å². The molecule has 3 heterocycles. The van der Waals surface area contributed by atoms with Crippen LogP contribution in [0.2, 0.25) is 0 Å². The Labute approximate surface area is 220 Å². The summed E-state index contributed by atoms with van der Waals surface area (Å²) in [5.41, 5.74) is 0.527. The van der Waals surface area contributed by atoms with Crippen molar-refractivity contribution in [2.24, 2.45) is 5.41 Å². The van der Waals surface area contributed by atoms with Crippen LogP contribution in [0.5, 0.6) is 0 Å². The molecule has 3 aromatic rings. The fraction of sp³-hybridized carbons (Fsp3) is 0.571.